The average molecular weight is 335 g/mol. The molecule has 1 N–H and O–H groups in total. The van der Waals surface area contributed by atoms with E-state index in [4.69, 9.17) is 11.6 Å². The Hall–Kier alpha value is -0.780. The number of halogens is 4. The van der Waals surface area contributed by atoms with Gasteiger partial charge in [-0.3, -0.25) is 4.90 Å². The van der Waals surface area contributed by atoms with Gasteiger partial charge in [-0.05, 0) is 56.0 Å². The number of alkyl halides is 3. The zero-order chi connectivity index (χ0) is 16.0. The van der Waals surface area contributed by atoms with E-state index in [1.54, 1.807) is 0 Å². The van der Waals surface area contributed by atoms with Crippen molar-refractivity contribution in [1.29, 1.82) is 0 Å². The van der Waals surface area contributed by atoms with Crippen molar-refractivity contribution in [2.75, 3.05) is 26.2 Å². The third kappa shape index (κ3) is 6.55. The summed E-state index contributed by atoms with van der Waals surface area (Å²) in [5.74, 6) is 0.474. The lowest BCUT2D eigenvalue weighted by molar-refractivity contribution is -0.124. The summed E-state index contributed by atoms with van der Waals surface area (Å²) in [5, 5.41) is 3.22. The van der Waals surface area contributed by atoms with Crippen LogP contribution in [0.15, 0.2) is 24.3 Å². The highest BCUT2D eigenvalue weighted by atomic mass is 35.5. The van der Waals surface area contributed by atoms with E-state index in [2.05, 4.69) is 10.2 Å². The Morgan fingerprint density at radius 2 is 1.95 bits per heavy atom. The highest BCUT2D eigenvalue weighted by molar-refractivity contribution is 6.30. The number of benzene rings is 1. The summed E-state index contributed by atoms with van der Waals surface area (Å²) in [5.41, 5.74) is 1.22. The molecule has 1 heterocycles. The number of rotatable bonds is 6. The fraction of sp³-hybridized carbons (Fsp3) is 0.625. The zero-order valence-electron chi connectivity index (χ0n) is 12.5. The first-order valence-electron chi connectivity index (χ1n) is 7.66. The predicted molar refractivity (Wildman–Crippen MR) is 83.0 cm³/mol. The van der Waals surface area contributed by atoms with Gasteiger partial charge in [-0.25, -0.2) is 0 Å². The van der Waals surface area contributed by atoms with Crippen LogP contribution in [0.2, 0.25) is 5.02 Å². The molecule has 1 unspecified atom stereocenters. The highest BCUT2D eigenvalue weighted by Crippen LogP contribution is 2.21. The first-order chi connectivity index (χ1) is 10.4. The molecule has 1 aliphatic heterocycles. The minimum atomic E-state index is -4.12. The van der Waals surface area contributed by atoms with Crippen LogP contribution < -0.4 is 5.32 Å². The van der Waals surface area contributed by atoms with Gasteiger partial charge in [0.05, 0.1) is 6.54 Å². The molecule has 1 saturated heterocycles. The second-order valence-electron chi connectivity index (χ2n) is 5.95. The van der Waals surface area contributed by atoms with Gasteiger partial charge in [0, 0.05) is 18.1 Å². The quantitative estimate of drug-likeness (QED) is 0.788. The monoisotopic (exact) mass is 334 g/mol. The Balaban J connectivity index is 1.71. The van der Waals surface area contributed by atoms with Crippen molar-refractivity contribution in [2.24, 2.45) is 5.92 Å². The van der Waals surface area contributed by atoms with Crippen LogP contribution in [0.3, 0.4) is 0 Å². The maximum Gasteiger partial charge on any atom is 0.401 e. The molecule has 0 saturated carbocycles. The SMILES string of the molecule is FC(F)(F)CNCCC1CCCN(Cc2ccc(Cl)cc2)C1. The van der Waals surface area contributed by atoms with Gasteiger partial charge in [0.25, 0.3) is 0 Å². The van der Waals surface area contributed by atoms with Crippen LogP contribution in [0.4, 0.5) is 13.2 Å². The van der Waals surface area contributed by atoms with Gasteiger partial charge in [-0.15, -0.1) is 0 Å². The molecule has 2 rings (SSSR count). The molecule has 0 radical (unpaired) electrons. The molecule has 0 aromatic heterocycles. The van der Waals surface area contributed by atoms with Gasteiger partial charge in [0.15, 0.2) is 0 Å². The molecule has 1 aliphatic rings. The van der Waals surface area contributed by atoms with E-state index in [-0.39, 0.29) is 0 Å². The van der Waals surface area contributed by atoms with Crippen LogP contribution in [-0.2, 0) is 6.54 Å². The topological polar surface area (TPSA) is 15.3 Å². The maximum absolute atomic E-state index is 12.1. The van der Waals surface area contributed by atoms with Crippen molar-refractivity contribution in [3.63, 3.8) is 0 Å². The molecule has 0 aliphatic carbocycles. The first-order valence-corrected chi connectivity index (χ1v) is 8.04. The van der Waals surface area contributed by atoms with Gasteiger partial charge in [0.1, 0.15) is 0 Å². The van der Waals surface area contributed by atoms with Crippen LogP contribution >= 0.6 is 11.6 Å². The van der Waals surface area contributed by atoms with Gasteiger partial charge in [-0.2, -0.15) is 13.2 Å². The summed E-state index contributed by atoms with van der Waals surface area (Å²) < 4.78 is 36.2. The highest BCUT2D eigenvalue weighted by Gasteiger charge is 2.26. The van der Waals surface area contributed by atoms with Crippen molar-refractivity contribution in [2.45, 2.75) is 32.0 Å². The van der Waals surface area contributed by atoms with Crippen molar-refractivity contribution in [1.82, 2.24) is 10.2 Å². The number of hydrogen-bond donors (Lipinski definition) is 1. The molecule has 1 aromatic carbocycles. The molecule has 22 heavy (non-hydrogen) atoms. The second kappa shape index (κ2) is 8.18. The second-order valence-corrected chi connectivity index (χ2v) is 6.39. The molecule has 2 nitrogen and oxygen atoms in total. The van der Waals surface area contributed by atoms with Gasteiger partial charge >= 0.3 is 6.18 Å². The fourth-order valence-corrected chi connectivity index (χ4v) is 3.04. The number of nitrogens with one attached hydrogen (secondary N) is 1. The fourth-order valence-electron chi connectivity index (χ4n) is 2.91. The molecule has 124 valence electrons. The van der Waals surface area contributed by atoms with E-state index >= 15 is 0 Å². The van der Waals surface area contributed by atoms with E-state index in [0.717, 1.165) is 43.9 Å². The summed E-state index contributed by atoms with van der Waals surface area (Å²) in [6, 6.07) is 7.83. The molecule has 6 heteroatoms. The van der Waals surface area contributed by atoms with Crippen molar-refractivity contribution >= 4 is 11.6 Å². The Morgan fingerprint density at radius 1 is 1.23 bits per heavy atom. The Kier molecular flexibility index (Phi) is 6.53. The lowest BCUT2D eigenvalue weighted by atomic mass is 9.94. The Bertz CT molecular complexity index is 448. The number of hydrogen-bond acceptors (Lipinski definition) is 2. The molecule has 1 atom stereocenters. The van der Waals surface area contributed by atoms with Gasteiger partial charge in [-0.1, -0.05) is 23.7 Å². The van der Waals surface area contributed by atoms with Crippen LogP contribution in [0.1, 0.15) is 24.8 Å². The number of likely N-dealkylation sites (tertiary alicyclic amines) is 1. The summed E-state index contributed by atoms with van der Waals surface area (Å²) >= 11 is 5.88. The van der Waals surface area contributed by atoms with E-state index in [0.29, 0.717) is 12.5 Å². The van der Waals surface area contributed by atoms with E-state index in [9.17, 15) is 13.2 Å². The first kappa shape index (κ1) is 17.6. The number of piperidine rings is 1. The van der Waals surface area contributed by atoms with E-state index < -0.39 is 12.7 Å². The third-order valence-corrected chi connectivity index (χ3v) is 4.23. The van der Waals surface area contributed by atoms with Crippen molar-refractivity contribution in [3.8, 4) is 0 Å². The molecule has 1 fully saturated rings. The van der Waals surface area contributed by atoms with Gasteiger partial charge in [0.2, 0.25) is 0 Å². The minimum absolute atomic E-state index is 0.430. The largest absolute Gasteiger partial charge is 0.401 e. The van der Waals surface area contributed by atoms with Crippen molar-refractivity contribution in [3.05, 3.63) is 34.9 Å². The average Bonchev–Trinajstić information content (AvgIpc) is 2.46. The molecule has 0 amide bonds. The zero-order valence-corrected chi connectivity index (χ0v) is 13.3. The molecular weight excluding hydrogens is 313 g/mol. The standard InChI is InChI=1S/C16H22ClF3N2/c17-15-5-3-14(4-6-15)11-22-9-1-2-13(10-22)7-8-21-12-16(18,19)20/h3-6,13,21H,1-2,7-12H2. The Morgan fingerprint density at radius 3 is 2.64 bits per heavy atom. The summed E-state index contributed by atoms with van der Waals surface area (Å²) in [6.07, 6.45) is -1.11. The molecule has 0 spiro atoms. The number of nitrogens with zero attached hydrogens (tertiary/aromatic N) is 1. The van der Waals surface area contributed by atoms with E-state index in [1.807, 2.05) is 24.3 Å². The lowest BCUT2D eigenvalue weighted by Crippen LogP contribution is -2.37. The summed E-state index contributed by atoms with van der Waals surface area (Å²) in [4.78, 5) is 2.38. The molecular formula is C16H22ClF3N2. The minimum Gasteiger partial charge on any atom is -0.309 e. The van der Waals surface area contributed by atoms with Crippen LogP contribution in [0.5, 0.6) is 0 Å². The normalized spacial score (nSPS) is 20.3. The summed E-state index contributed by atoms with van der Waals surface area (Å²) in [6.45, 7) is 2.42. The summed E-state index contributed by atoms with van der Waals surface area (Å²) in [7, 11) is 0. The maximum atomic E-state index is 12.1. The van der Waals surface area contributed by atoms with Crippen LogP contribution in [-0.4, -0.2) is 37.3 Å². The van der Waals surface area contributed by atoms with Crippen LogP contribution in [0, 0.1) is 5.92 Å². The van der Waals surface area contributed by atoms with Crippen molar-refractivity contribution < 1.29 is 13.2 Å². The van der Waals surface area contributed by atoms with E-state index in [1.165, 1.54) is 5.56 Å². The third-order valence-electron chi connectivity index (χ3n) is 3.98. The Labute approximate surface area is 134 Å². The van der Waals surface area contributed by atoms with Gasteiger partial charge < -0.3 is 5.32 Å². The smallest absolute Gasteiger partial charge is 0.309 e. The molecule has 1 aromatic rings. The van der Waals surface area contributed by atoms with Crippen LogP contribution in [0.25, 0.3) is 0 Å². The predicted octanol–water partition coefficient (Wildman–Crippen LogP) is 4.09. The molecule has 0 bridgehead atoms. The lowest BCUT2D eigenvalue weighted by Gasteiger charge is -2.33.